The van der Waals surface area contributed by atoms with Gasteiger partial charge in [-0.1, -0.05) is 18.2 Å². The highest BCUT2D eigenvalue weighted by Gasteiger charge is 2.02. The topological polar surface area (TPSA) is 38.7 Å². The Morgan fingerprint density at radius 1 is 1.36 bits per heavy atom. The van der Waals surface area contributed by atoms with Gasteiger partial charge in [-0.15, -0.1) is 0 Å². The minimum atomic E-state index is -0.262. The molecule has 0 saturated carbocycles. The lowest BCUT2D eigenvalue weighted by Gasteiger charge is -1.99. The van der Waals surface area contributed by atoms with Crippen LogP contribution in [0.2, 0.25) is 0 Å². The molecule has 0 unspecified atom stereocenters. The van der Waals surface area contributed by atoms with Gasteiger partial charge in [0.1, 0.15) is 0 Å². The molecule has 74 valence electrons. The molecular formula is C11H13NO2. The lowest BCUT2D eigenvalue weighted by atomic mass is 10.3. The number of carbonyl (C=O) groups is 1. The van der Waals surface area contributed by atoms with Crippen molar-refractivity contribution in [2.75, 3.05) is 7.11 Å². The molecule has 0 fully saturated rings. The second-order valence-corrected chi connectivity index (χ2v) is 2.94. The van der Waals surface area contributed by atoms with Crippen LogP contribution in [0.5, 0.6) is 0 Å². The molecular weight excluding hydrogens is 178 g/mol. The average molecular weight is 191 g/mol. The van der Waals surface area contributed by atoms with Crippen LogP contribution in [-0.4, -0.2) is 18.8 Å². The van der Waals surface area contributed by atoms with Crippen LogP contribution in [0.3, 0.4) is 0 Å². The predicted molar refractivity (Wildman–Crippen MR) is 55.8 cm³/mol. The van der Waals surface area contributed by atoms with Gasteiger partial charge in [0, 0.05) is 5.71 Å². The van der Waals surface area contributed by atoms with E-state index in [1.54, 1.807) is 0 Å². The van der Waals surface area contributed by atoms with E-state index in [-0.39, 0.29) is 12.4 Å². The number of nitrogens with zero attached hydrogens (tertiary/aromatic N) is 1. The SMILES string of the molecule is COC(=O)CC(C)=Nc1ccccc1. The molecule has 1 rings (SSSR count). The summed E-state index contributed by atoms with van der Waals surface area (Å²) in [6, 6.07) is 9.52. The molecule has 0 aromatic heterocycles. The smallest absolute Gasteiger partial charge is 0.311 e. The van der Waals surface area contributed by atoms with Gasteiger partial charge in [-0.05, 0) is 19.1 Å². The normalized spacial score (nSPS) is 11.1. The van der Waals surface area contributed by atoms with E-state index in [0.717, 1.165) is 11.4 Å². The van der Waals surface area contributed by atoms with E-state index in [1.165, 1.54) is 7.11 Å². The standard InChI is InChI=1S/C11H13NO2/c1-9(8-11(13)14-2)12-10-6-4-3-5-7-10/h3-7H,8H2,1-2H3. The maximum absolute atomic E-state index is 10.9. The average Bonchev–Trinajstić information content (AvgIpc) is 2.19. The van der Waals surface area contributed by atoms with E-state index in [0.29, 0.717) is 0 Å². The first-order valence-electron chi connectivity index (χ1n) is 4.38. The summed E-state index contributed by atoms with van der Waals surface area (Å²) >= 11 is 0. The van der Waals surface area contributed by atoms with Gasteiger partial charge in [0.05, 0.1) is 19.2 Å². The van der Waals surface area contributed by atoms with Crippen LogP contribution < -0.4 is 0 Å². The Bertz CT molecular complexity index is 330. The molecule has 0 aliphatic rings. The number of hydrogen-bond donors (Lipinski definition) is 0. The molecule has 0 aliphatic carbocycles. The second-order valence-electron chi connectivity index (χ2n) is 2.94. The van der Waals surface area contributed by atoms with E-state index in [2.05, 4.69) is 9.73 Å². The first kappa shape index (κ1) is 10.4. The van der Waals surface area contributed by atoms with Crippen LogP contribution in [0.25, 0.3) is 0 Å². The summed E-state index contributed by atoms with van der Waals surface area (Å²) in [4.78, 5) is 15.2. The van der Waals surface area contributed by atoms with Gasteiger partial charge in [-0.25, -0.2) is 0 Å². The number of rotatable bonds is 3. The number of hydrogen-bond acceptors (Lipinski definition) is 3. The van der Waals surface area contributed by atoms with Crippen LogP contribution >= 0.6 is 0 Å². The van der Waals surface area contributed by atoms with Crippen molar-refractivity contribution in [2.24, 2.45) is 4.99 Å². The Morgan fingerprint density at radius 2 is 2.00 bits per heavy atom. The molecule has 1 aromatic rings. The Labute approximate surface area is 83.4 Å². The summed E-state index contributed by atoms with van der Waals surface area (Å²) in [5.41, 5.74) is 1.61. The molecule has 3 heteroatoms. The Morgan fingerprint density at radius 3 is 2.57 bits per heavy atom. The summed E-state index contributed by atoms with van der Waals surface area (Å²) in [6.07, 6.45) is 0.241. The fourth-order valence-corrected chi connectivity index (χ4v) is 1.04. The fraction of sp³-hybridized carbons (Fsp3) is 0.273. The summed E-state index contributed by atoms with van der Waals surface area (Å²) in [5, 5.41) is 0. The number of aliphatic imine (C=N–C) groups is 1. The van der Waals surface area contributed by atoms with Gasteiger partial charge in [-0.3, -0.25) is 9.79 Å². The van der Waals surface area contributed by atoms with Crippen LogP contribution in [0.1, 0.15) is 13.3 Å². The summed E-state index contributed by atoms with van der Waals surface area (Å²) in [5.74, 6) is -0.262. The minimum Gasteiger partial charge on any atom is -0.469 e. The molecule has 0 bridgehead atoms. The van der Waals surface area contributed by atoms with Crippen LogP contribution in [0.15, 0.2) is 35.3 Å². The largest absolute Gasteiger partial charge is 0.469 e. The van der Waals surface area contributed by atoms with Crippen molar-refractivity contribution in [2.45, 2.75) is 13.3 Å². The fourth-order valence-electron chi connectivity index (χ4n) is 1.04. The highest BCUT2D eigenvalue weighted by Crippen LogP contribution is 2.10. The highest BCUT2D eigenvalue weighted by molar-refractivity contribution is 5.98. The lowest BCUT2D eigenvalue weighted by Crippen LogP contribution is -2.05. The lowest BCUT2D eigenvalue weighted by molar-refractivity contribution is -0.139. The molecule has 0 spiro atoms. The molecule has 3 nitrogen and oxygen atoms in total. The molecule has 0 aliphatic heterocycles. The van der Waals surface area contributed by atoms with Crippen molar-refractivity contribution in [1.82, 2.24) is 0 Å². The zero-order valence-electron chi connectivity index (χ0n) is 8.36. The monoisotopic (exact) mass is 191 g/mol. The van der Waals surface area contributed by atoms with E-state index in [1.807, 2.05) is 37.3 Å². The van der Waals surface area contributed by atoms with E-state index >= 15 is 0 Å². The number of esters is 1. The third-order valence-corrected chi connectivity index (χ3v) is 1.70. The number of methoxy groups -OCH3 is 1. The number of carbonyl (C=O) groups excluding carboxylic acids is 1. The molecule has 0 heterocycles. The van der Waals surface area contributed by atoms with Crippen LogP contribution in [-0.2, 0) is 9.53 Å². The highest BCUT2D eigenvalue weighted by atomic mass is 16.5. The van der Waals surface area contributed by atoms with E-state index < -0.39 is 0 Å². The third kappa shape index (κ3) is 3.39. The van der Waals surface area contributed by atoms with E-state index in [4.69, 9.17) is 0 Å². The summed E-state index contributed by atoms with van der Waals surface area (Å²) in [7, 11) is 1.37. The number of para-hydroxylation sites is 1. The van der Waals surface area contributed by atoms with Crippen LogP contribution in [0.4, 0.5) is 5.69 Å². The van der Waals surface area contributed by atoms with E-state index in [9.17, 15) is 4.79 Å². The first-order chi connectivity index (χ1) is 6.72. The maximum atomic E-state index is 10.9. The number of benzene rings is 1. The van der Waals surface area contributed by atoms with Crippen molar-refractivity contribution < 1.29 is 9.53 Å². The molecule has 0 atom stereocenters. The van der Waals surface area contributed by atoms with Crippen LogP contribution in [0, 0.1) is 0 Å². The molecule has 0 saturated heterocycles. The zero-order valence-corrected chi connectivity index (χ0v) is 8.36. The van der Waals surface area contributed by atoms with Crippen molar-refractivity contribution in [3.8, 4) is 0 Å². The molecule has 0 radical (unpaired) electrons. The third-order valence-electron chi connectivity index (χ3n) is 1.70. The Hall–Kier alpha value is -1.64. The minimum absolute atomic E-state index is 0.241. The quantitative estimate of drug-likeness (QED) is 0.543. The summed E-state index contributed by atoms with van der Waals surface area (Å²) < 4.78 is 4.54. The molecule has 0 amide bonds. The van der Waals surface area contributed by atoms with Crippen molar-refractivity contribution >= 4 is 17.4 Å². The summed E-state index contributed by atoms with van der Waals surface area (Å²) in [6.45, 7) is 1.81. The predicted octanol–water partition coefficient (Wildman–Crippen LogP) is 2.34. The van der Waals surface area contributed by atoms with Crippen molar-refractivity contribution in [1.29, 1.82) is 0 Å². The molecule has 0 N–H and O–H groups in total. The Kier molecular flexibility index (Phi) is 3.85. The van der Waals surface area contributed by atoms with Gasteiger partial charge >= 0.3 is 5.97 Å². The van der Waals surface area contributed by atoms with Gasteiger partial charge < -0.3 is 4.74 Å². The van der Waals surface area contributed by atoms with Gasteiger partial charge in [0.25, 0.3) is 0 Å². The van der Waals surface area contributed by atoms with Gasteiger partial charge in [0.2, 0.25) is 0 Å². The molecule has 14 heavy (non-hydrogen) atoms. The van der Waals surface area contributed by atoms with Gasteiger partial charge in [-0.2, -0.15) is 0 Å². The first-order valence-corrected chi connectivity index (χ1v) is 4.38. The van der Waals surface area contributed by atoms with Crippen molar-refractivity contribution in [3.63, 3.8) is 0 Å². The number of ether oxygens (including phenoxy) is 1. The van der Waals surface area contributed by atoms with Crippen molar-refractivity contribution in [3.05, 3.63) is 30.3 Å². The molecule has 1 aromatic carbocycles. The van der Waals surface area contributed by atoms with Gasteiger partial charge in [0.15, 0.2) is 0 Å². The Balaban J connectivity index is 2.65. The second kappa shape index (κ2) is 5.17. The zero-order chi connectivity index (χ0) is 10.4. The maximum Gasteiger partial charge on any atom is 0.311 e.